The molecule has 1 aliphatic carbocycles. The second kappa shape index (κ2) is 9.15. The molecule has 2 aromatic carbocycles. The van der Waals surface area contributed by atoms with Crippen LogP contribution in [-0.2, 0) is 11.3 Å². The highest BCUT2D eigenvalue weighted by Gasteiger charge is 2.28. The molecular weight excluding hydrogens is 481 g/mol. The molecule has 0 spiro atoms. The number of nitrogens with zero attached hydrogens (tertiary/aromatic N) is 5. The molecule has 1 saturated carbocycles. The van der Waals surface area contributed by atoms with Gasteiger partial charge < -0.3 is 10.3 Å². The normalized spacial score (nSPS) is 13.4. The molecule has 5 aromatic rings. The van der Waals surface area contributed by atoms with E-state index in [9.17, 15) is 14.0 Å². The monoisotopic (exact) mass is 501 g/mol. The second-order valence-electron chi connectivity index (χ2n) is 8.48. The molecule has 6 rings (SSSR count). The van der Waals surface area contributed by atoms with Gasteiger partial charge in [0.25, 0.3) is 5.56 Å². The third-order valence-corrected chi connectivity index (χ3v) is 7.07. The number of H-pyrrole nitrogens is 1. The van der Waals surface area contributed by atoms with Crippen molar-refractivity contribution in [3.63, 3.8) is 0 Å². The summed E-state index contributed by atoms with van der Waals surface area (Å²) in [5.41, 5.74) is 2.64. The standard InChI is InChI=1S/C25H20FN7O2S/c26-16-5-3-6-17-21(16)25(35)33(18-7-2-1-4-15(18)14-8-9-14)19(32-17)10-27-20(34)11-36-24-22-23(29-12-28-22)30-13-31-24/h1-7,12-14H,8-11H2,(H,27,34)(H,28,29,30,31). The van der Waals surface area contributed by atoms with Gasteiger partial charge in [0.1, 0.15) is 33.9 Å². The zero-order chi connectivity index (χ0) is 24.6. The number of rotatable bonds is 7. The molecule has 36 heavy (non-hydrogen) atoms. The number of hydrogen-bond acceptors (Lipinski definition) is 7. The second-order valence-corrected chi connectivity index (χ2v) is 9.45. The van der Waals surface area contributed by atoms with Gasteiger partial charge in [-0.3, -0.25) is 14.2 Å². The Morgan fingerprint density at radius 1 is 1.14 bits per heavy atom. The minimum Gasteiger partial charge on any atom is -0.348 e. The van der Waals surface area contributed by atoms with Crippen LogP contribution in [-0.4, -0.2) is 41.1 Å². The molecule has 1 amide bonds. The molecule has 1 aliphatic rings. The van der Waals surface area contributed by atoms with Crippen molar-refractivity contribution in [3.05, 3.63) is 82.7 Å². The molecule has 0 radical (unpaired) electrons. The highest BCUT2D eigenvalue weighted by Crippen LogP contribution is 2.42. The summed E-state index contributed by atoms with van der Waals surface area (Å²) in [5.74, 6) is -0.0968. The Kier molecular flexibility index (Phi) is 5.68. The lowest BCUT2D eigenvalue weighted by molar-refractivity contribution is -0.118. The first-order valence-electron chi connectivity index (χ1n) is 11.4. The van der Waals surface area contributed by atoms with Crippen molar-refractivity contribution in [1.82, 2.24) is 34.8 Å². The summed E-state index contributed by atoms with van der Waals surface area (Å²) >= 11 is 1.25. The fourth-order valence-corrected chi connectivity index (χ4v) is 5.03. The van der Waals surface area contributed by atoms with Crippen LogP contribution >= 0.6 is 11.8 Å². The lowest BCUT2D eigenvalue weighted by Gasteiger charge is -2.17. The quantitative estimate of drug-likeness (QED) is 0.259. The Labute approximate surface area is 208 Å². The fourth-order valence-electron chi connectivity index (χ4n) is 4.25. The number of halogens is 1. The van der Waals surface area contributed by atoms with Gasteiger partial charge in [0.15, 0.2) is 5.65 Å². The van der Waals surface area contributed by atoms with Crippen molar-refractivity contribution in [2.75, 3.05) is 5.75 Å². The number of benzene rings is 2. The van der Waals surface area contributed by atoms with Crippen molar-refractivity contribution in [2.24, 2.45) is 0 Å². The molecule has 11 heteroatoms. The number of carbonyl (C=O) groups is 1. The van der Waals surface area contributed by atoms with Crippen LogP contribution in [0.25, 0.3) is 27.8 Å². The van der Waals surface area contributed by atoms with Gasteiger partial charge in [-0.1, -0.05) is 36.0 Å². The first-order chi connectivity index (χ1) is 17.6. The Balaban J connectivity index is 1.31. The molecule has 2 N–H and O–H groups in total. The van der Waals surface area contributed by atoms with Gasteiger partial charge in [0, 0.05) is 0 Å². The number of imidazole rings is 1. The molecule has 0 bridgehead atoms. The maximum atomic E-state index is 14.7. The first kappa shape index (κ1) is 22.4. The van der Waals surface area contributed by atoms with Gasteiger partial charge >= 0.3 is 0 Å². The van der Waals surface area contributed by atoms with Crippen molar-refractivity contribution in [2.45, 2.75) is 30.3 Å². The average Bonchev–Trinajstić information content (AvgIpc) is 3.62. The van der Waals surface area contributed by atoms with Crippen molar-refractivity contribution < 1.29 is 9.18 Å². The van der Waals surface area contributed by atoms with Gasteiger partial charge in [-0.05, 0) is 42.5 Å². The third kappa shape index (κ3) is 4.11. The number of thioether (sulfide) groups is 1. The van der Waals surface area contributed by atoms with Crippen LogP contribution in [0.5, 0.6) is 0 Å². The summed E-state index contributed by atoms with van der Waals surface area (Å²) < 4.78 is 16.1. The molecule has 1 fully saturated rings. The molecule has 0 saturated heterocycles. The number of carbonyl (C=O) groups excluding carboxylic acids is 1. The summed E-state index contributed by atoms with van der Waals surface area (Å²) in [7, 11) is 0. The van der Waals surface area contributed by atoms with Crippen LogP contribution < -0.4 is 10.9 Å². The van der Waals surface area contributed by atoms with Crippen LogP contribution in [0.2, 0.25) is 0 Å². The van der Waals surface area contributed by atoms with Crippen molar-refractivity contribution >= 4 is 39.7 Å². The lowest BCUT2D eigenvalue weighted by Crippen LogP contribution is -2.31. The van der Waals surface area contributed by atoms with E-state index >= 15 is 0 Å². The highest BCUT2D eigenvalue weighted by molar-refractivity contribution is 8.00. The Morgan fingerprint density at radius 2 is 2.00 bits per heavy atom. The van der Waals surface area contributed by atoms with E-state index in [2.05, 4.69) is 30.2 Å². The number of para-hydroxylation sites is 1. The summed E-state index contributed by atoms with van der Waals surface area (Å²) in [4.78, 5) is 46.2. The Bertz CT molecular complexity index is 1680. The van der Waals surface area contributed by atoms with E-state index in [1.165, 1.54) is 41.1 Å². The summed E-state index contributed by atoms with van der Waals surface area (Å²) in [5, 5.41) is 3.39. The number of hydrogen-bond donors (Lipinski definition) is 2. The molecule has 180 valence electrons. The van der Waals surface area contributed by atoms with Gasteiger partial charge in [-0.15, -0.1) is 0 Å². The van der Waals surface area contributed by atoms with Crippen LogP contribution in [0.15, 0.2) is 64.9 Å². The van der Waals surface area contributed by atoms with Crippen molar-refractivity contribution in [3.8, 4) is 5.69 Å². The predicted octanol–water partition coefficient (Wildman–Crippen LogP) is 3.48. The third-order valence-electron chi connectivity index (χ3n) is 6.08. The molecule has 0 atom stereocenters. The maximum absolute atomic E-state index is 14.7. The summed E-state index contributed by atoms with van der Waals surface area (Å²) in [6, 6.07) is 12.0. The van der Waals surface area contributed by atoms with E-state index in [-0.39, 0.29) is 29.1 Å². The summed E-state index contributed by atoms with van der Waals surface area (Å²) in [6.07, 6.45) is 5.00. The summed E-state index contributed by atoms with van der Waals surface area (Å²) in [6.45, 7) is 0.00330. The molecule has 3 aromatic heterocycles. The van der Waals surface area contributed by atoms with Crippen LogP contribution in [0.3, 0.4) is 0 Å². The lowest BCUT2D eigenvalue weighted by atomic mass is 10.1. The van der Waals surface area contributed by atoms with Gasteiger partial charge in [0.2, 0.25) is 5.91 Å². The largest absolute Gasteiger partial charge is 0.348 e. The van der Waals surface area contributed by atoms with E-state index in [4.69, 9.17) is 0 Å². The zero-order valence-corrected chi connectivity index (χ0v) is 19.8. The molecule has 0 unspecified atom stereocenters. The van der Waals surface area contributed by atoms with Gasteiger partial charge in [-0.25, -0.2) is 24.3 Å². The zero-order valence-electron chi connectivity index (χ0n) is 18.9. The van der Waals surface area contributed by atoms with Crippen LogP contribution in [0, 0.1) is 5.82 Å². The predicted molar refractivity (Wildman–Crippen MR) is 134 cm³/mol. The van der Waals surface area contributed by atoms with Gasteiger partial charge in [-0.2, -0.15) is 0 Å². The average molecular weight is 502 g/mol. The fraction of sp³-hybridized carbons (Fsp3) is 0.200. The number of aromatic nitrogens is 6. The number of amides is 1. The Morgan fingerprint density at radius 3 is 2.86 bits per heavy atom. The smallest absolute Gasteiger partial charge is 0.269 e. The number of fused-ring (bicyclic) bond motifs is 2. The molecular formula is C25H20FN7O2S. The molecule has 9 nitrogen and oxygen atoms in total. The van der Waals surface area contributed by atoms with Crippen LogP contribution in [0.4, 0.5) is 4.39 Å². The maximum Gasteiger partial charge on any atom is 0.269 e. The van der Waals surface area contributed by atoms with E-state index in [0.29, 0.717) is 33.6 Å². The molecule has 3 heterocycles. The number of nitrogens with one attached hydrogen (secondary N) is 2. The molecule has 0 aliphatic heterocycles. The van der Waals surface area contributed by atoms with E-state index in [0.717, 1.165) is 18.4 Å². The van der Waals surface area contributed by atoms with Crippen LogP contribution in [0.1, 0.15) is 30.1 Å². The minimum atomic E-state index is -0.621. The number of aromatic amines is 1. The van der Waals surface area contributed by atoms with E-state index in [1.54, 1.807) is 6.07 Å². The first-order valence-corrected chi connectivity index (χ1v) is 12.4. The van der Waals surface area contributed by atoms with Crippen molar-refractivity contribution in [1.29, 1.82) is 0 Å². The SMILES string of the molecule is O=C(CSc1ncnc2nc[nH]c12)NCc1nc2cccc(F)c2c(=O)n1-c1ccccc1C1CC1. The van der Waals surface area contributed by atoms with E-state index in [1.807, 2.05) is 24.3 Å². The topological polar surface area (TPSA) is 118 Å². The van der Waals surface area contributed by atoms with Gasteiger partial charge in [0.05, 0.1) is 29.8 Å². The minimum absolute atomic E-state index is 0.00330. The highest BCUT2D eigenvalue weighted by atomic mass is 32.2. The Hall–Kier alpha value is -4.12. The van der Waals surface area contributed by atoms with E-state index < -0.39 is 11.4 Å².